The molecule has 1 aliphatic carbocycles. The molecule has 0 aromatic heterocycles. The lowest BCUT2D eigenvalue weighted by Crippen LogP contribution is -2.27. The van der Waals surface area contributed by atoms with Gasteiger partial charge in [0.1, 0.15) is 5.82 Å². The van der Waals surface area contributed by atoms with E-state index >= 15 is 0 Å². The van der Waals surface area contributed by atoms with Gasteiger partial charge >= 0.3 is 6.18 Å². The summed E-state index contributed by atoms with van der Waals surface area (Å²) < 4.78 is 52.7. The molecular formula is C18H12ClF4NO. The average Bonchev–Trinajstić information content (AvgIpc) is 3.30. The van der Waals surface area contributed by atoms with Gasteiger partial charge in [-0.1, -0.05) is 17.7 Å². The van der Waals surface area contributed by atoms with Crippen molar-refractivity contribution >= 4 is 23.2 Å². The van der Waals surface area contributed by atoms with E-state index in [-0.39, 0.29) is 16.5 Å². The smallest absolute Gasteiger partial charge is 0.314 e. The molecule has 0 bridgehead atoms. The lowest BCUT2D eigenvalue weighted by Gasteiger charge is -2.14. The van der Waals surface area contributed by atoms with Crippen LogP contribution in [0.1, 0.15) is 24.0 Å². The predicted octanol–water partition coefficient (Wildman–Crippen LogP) is 5.17. The third-order valence-corrected chi connectivity index (χ3v) is 5.29. The Morgan fingerprint density at radius 3 is 2.40 bits per heavy atom. The van der Waals surface area contributed by atoms with Gasteiger partial charge in [-0.25, -0.2) is 4.39 Å². The monoisotopic (exact) mass is 369 g/mol. The van der Waals surface area contributed by atoms with E-state index in [4.69, 9.17) is 11.6 Å². The summed E-state index contributed by atoms with van der Waals surface area (Å²) in [5.41, 5.74) is 0.116. The van der Waals surface area contributed by atoms with E-state index in [0.717, 1.165) is 30.2 Å². The highest BCUT2D eigenvalue weighted by molar-refractivity contribution is 6.33. The average molecular weight is 370 g/mol. The van der Waals surface area contributed by atoms with Crippen LogP contribution in [0.5, 0.6) is 0 Å². The van der Waals surface area contributed by atoms with Crippen molar-refractivity contribution in [3.8, 4) is 11.1 Å². The van der Waals surface area contributed by atoms with Crippen molar-refractivity contribution in [2.75, 3.05) is 11.9 Å². The lowest BCUT2D eigenvalue weighted by molar-refractivity contribution is -0.137. The van der Waals surface area contributed by atoms with Gasteiger partial charge in [0.15, 0.2) is 0 Å². The van der Waals surface area contributed by atoms with Gasteiger partial charge < -0.3 is 4.90 Å². The van der Waals surface area contributed by atoms with Crippen molar-refractivity contribution < 1.29 is 22.4 Å². The zero-order chi connectivity index (χ0) is 18.1. The number of carbonyl (C=O) groups is 1. The molecule has 2 aromatic carbocycles. The fourth-order valence-corrected chi connectivity index (χ4v) is 3.85. The van der Waals surface area contributed by atoms with Gasteiger partial charge in [-0.05, 0) is 48.2 Å². The molecule has 0 unspecified atom stereocenters. The molecular weight excluding hydrogens is 358 g/mol. The molecule has 2 aromatic rings. The highest BCUT2D eigenvalue weighted by Gasteiger charge is 2.58. The van der Waals surface area contributed by atoms with Crippen molar-refractivity contribution in [2.24, 2.45) is 0 Å². The second-order valence-corrected chi connectivity index (χ2v) is 6.90. The second-order valence-electron chi connectivity index (χ2n) is 6.49. The molecule has 2 nitrogen and oxygen atoms in total. The fourth-order valence-electron chi connectivity index (χ4n) is 3.53. The third kappa shape index (κ3) is 2.27. The van der Waals surface area contributed by atoms with E-state index in [0.29, 0.717) is 11.6 Å². The van der Waals surface area contributed by atoms with E-state index in [9.17, 15) is 22.4 Å². The summed E-state index contributed by atoms with van der Waals surface area (Å²) >= 11 is 5.95. The molecule has 1 spiro atoms. The molecule has 1 heterocycles. The summed E-state index contributed by atoms with van der Waals surface area (Å²) in [4.78, 5) is 14.0. The van der Waals surface area contributed by atoms with E-state index in [1.54, 1.807) is 30.1 Å². The van der Waals surface area contributed by atoms with E-state index in [1.807, 2.05) is 0 Å². The minimum absolute atomic E-state index is 0.00126. The maximum absolute atomic E-state index is 14.4. The summed E-state index contributed by atoms with van der Waals surface area (Å²) in [6, 6.07) is 6.09. The number of carbonyl (C=O) groups excluding carboxylic acids is 1. The first-order valence-electron chi connectivity index (χ1n) is 7.64. The highest BCUT2D eigenvalue weighted by Crippen LogP contribution is 2.57. The van der Waals surface area contributed by atoms with Crippen molar-refractivity contribution in [3.05, 3.63) is 52.3 Å². The van der Waals surface area contributed by atoms with Gasteiger partial charge in [-0.2, -0.15) is 13.2 Å². The number of alkyl halides is 3. The normalized spacial score (nSPS) is 18.0. The Morgan fingerprint density at radius 1 is 1.16 bits per heavy atom. The molecule has 2 aliphatic rings. The number of halogens is 5. The number of fused-ring (bicyclic) bond motifs is 2. The van der Waals surface area contributed by atoms with Crippen molar-refractivity contribution in [3.63, 3.8) is 0 Å². The first-order valence-corrected chi connectivity index (χ1v) is 8.02. The molecule has 130 valence electrons. The molecule has 7 heteroatoms. The SMILES string of the molecule is CN1C(=O)C2(CC2)c2cc(-c3c(F)cc(C(F)(F)F)cc3Cl)ccc21. The summed E-state index contributed by atoms with van der Waals surface area (Å²) in [6.45, 7) is 0. The van der Waals surface area contributed by atoms with E-state index in [1.165, 1.54) is 0 Å². The molecule has 0 saturated heterocycles. The largest absolute Gasteiger partial charge is 0.416 e. The number of nitrogens with zero attached hydrogens (tertiary/aromatic N) is 1. The lowest BCUT2D eigenvalue weighted by atomic mass is 9.93. The number of benzene rings is 2. The first kappa shape index (κ1) is 16.4. The molecule has 1 saturated carbocycles. The first-order chi connectivity index (χ1) is 11.6. The van der Waals surface area contributed by atoms with Gasteiger partial charge in [0.05, 0.1) is 16.0 Å². The molecule has 0 N–H and O–H groups in total. The Labute approximate surface area is 146 Å². The van der Waals surface area contributed by atoms with Crippen LogP contribution in [0.3, 0.4) is 0 Å². The van der Waals surface area contributed by atoms with E-state index < -0.39 is 23.0 Å². The maximum atomic E-state index is 14.4. The number of hydrogen-bond donors (Lipinski definition) is 0. The van der Waals surface area contributed by atoms with Crippen LogP contribution in [0.25, 0.3) is 11.1 Å². The molecule has 4 rings (SSSR count). The van der Waals surface area contributed by atoms with Gasteiger partial charge in [0.25, 0.3) is 0 Å². The quantitative estimate of drug-likeness (QED) is 0.635. The number of hydrogen-bond acceptors (Lipinski definition) is 1. The molecule has 0 radical (unpaired) electrons. The minimum Gasteiger partial charge on any atom is -0.314 e. The Balaban J connectivity index is 1.86. The topological polar surface area (TPSA) is 20.3 Å². The standard InChI is InChI=1S/C18H12ClF4NO/c1-24-14-3-2-9(6-11(14)17(4-5-17)16(24)25)15-12(19)7-10(8-13(15)20)18(21,22)23/h2-3,6-8H,4-5H2,1H3. The van der Waals surface area contributed by atoms with Crippen LogP contribution in [-0.2, 0) is 16.4 Å². The maximum Gasteiger partial charge on any atom is 0.416 e. The second kappa shape index (κ2) is 4.97. The summed E-state index contributed by atoms with van der Waals surface area (Å²) in [7, 11) is 1.68. The fraction of sp³-hybridized carbons (Fsp3) is 0.278. The highest BCUT2D eigenvalue weighted by atomic mass is 35.5. The van der Waals surface area contributed by atoms with Gasteiger partial charge in [-0.15, -0.1) is 0 Å². The van der Waals surface area contributed by atoms with Gasteiger partial charge in [0, 0.05) is 18.3 Å². The Kier molecular flexibility index (Phi) is 3.26. The summed E-state index contributed by atoms with van der Waals surface area (Å²) in [6.07, 6.45) is -3.24. The van der Waals surface area contributed by atoms with Gasteiger partial charge in [0.2, 0.25) is 5.91 Å². The third-order valence-electron chi connectivity index (χ3n) is 5.00. The molecule has 1 amide bonds. The summed E-state index contributed by atoms with van der Waals surface area (Å²) in [5.74, 6) is -1.04. The zero-order valence-corrected chi connectivity index (χ0v) is 13.8. The number of rotatable bonds is 1. The molecule has 0 atom stereocenters. The molecule has 25 heavy (non-hydrogen) atoms. The van der Waals surface area contributed by atoms with Crippen LogP contribution in [0, 0.1) is 5.82 Å². The van der Waals surface area contributed by atoms with Crippen LogP contribution >= 0.6 is 11.6 Å². The number of likely N-dealkylation sites (N-methyl/N-ethyl adjacent to an activating group) is 1. The number of amides is 1. The molecule has 1 fully saturated rings. The van der Waals surface area contributed by atoms with Gasteiger partial charge in [-0.3, -0.25) is 4.79 Å². The minimum atomic E-state index is -4.67. The van der Waals surface area contributed by atoms with Crippen LogP contribution in [0.4, 0.5) is 23.2 Å². The predicted molar refractivity (Wildman–Crippen MR) is 86.2 cm³/mol. The van der Waals surface area contributed by atoms with E-state index in [2.05, 4.69) is 0 Å². The Bertz CT molecular complexity index is 895. The van der Waals surface area contributed by atoms with Crippen LogP contribution in [-0.4, -0.2) is 13.0 Å². The van der Waals surface area contributed by atoms with Crippen LogP contribution < -0.4 is 4.90 Å². The van der Waals surface area contributed by atoms with Crippen molar-refractivity contribution in [2.45, 2.75) is 24.4 Å². The van der Waals surface area contributed by atoms with Crippen molar-refractivity contribution in [1.82, 2.24) is 0 Å². The van der Waals surface area contributed by atoms with Crippen molar-refractivity contribution in [1.29, 1.82) is 0 Å². The molecule has 1 aliphatic heterocycles. The Morgan fingerprint density at radius 2 is 1.84 bits per heavy atom. The zero-order valence-electron chi connectivity index (χ0n) is 13.0. The Hall–Kier alpha value is -2.08. The van der Waals surface area contributed by atoms with Crippen LogP contribution in [0.2, 0.25) is 5.02 Å². The number of anilines is 1. The van der Waals surface area contributed by atoms with Crippen LogP contribution in [0.15, 0.2) is 30.3 Å². The summed E-state index contributed by atoms with van der Waals surface area (Å²) in [5, 5.41) is -0.310.